The Labute approximate surface area is 113 Å². The third kappa shape index (κ3) is 3.67. The van der Waals surface area contributed by atoms with E-state index in [1.807, 2.05) is 0 Å². The summed E-state index contributed by atoms with van der Waals surface area (Å²) in [6, 6.07) is 7.73. The van der Waals surface area contributed by atoms with Gasteiger partial charge in [-0.3, -0.25) is 0 Å². The number of benzene rings is 1. The molecule has 0 unspecified atom stereocenters. The van der Waals surface area contributed by atoms with Gasteiger partial charge >= 0.3 is 6.18 Å². The summed E-state index contributed by atoms with van der Waals surface area (Å²) in [5.41, 5.74) is 0.0209. The molecule has 1 aromatic heterocycles. The van der Waals surface area contributed by atoms with Gasteiger partial charge in [0.2, 0.25) is 5.88 Å². The average molecular weight is 283 g/mol. The smallest absolute Gasteiger partial charge is 0.416 e. The minimum atomic E-state index is -4.35. The Hall–Kier alpha value is -2.15. The third-order valence-corrected chi connectivity index (χ3v) is 2.46. The summed E-state index contributed by atoms with van der Waals surface area (Å²) in [6.07, 6.45) is -4.35. The van der Waals surface area contributed by atoms with Crippen molar-refractivity contribution in [1.29, 1.82) is 0 Å². The number of nitrogens with zero attached hydrogens (tertiary/aromatic N) is 2. The van der Waals surface area contributed by atoms with Crippen molar-refractivity contribution in [3.8, 4) is 11.6 Å². The van der Waals surface area contributed by atoms with Crippen LogP contribution in [0.5, 0.6) is 11.6 Å². The van der Waals surface area contributed by atoms with Crippen LogP contribution < -0.4 is 10.1 Å². The second kappa shape index (κ2) is 5.87. The molecule has 0 spiro atoms. The number of hydrogen-bond donors (Lipinski definition) is 1. The van der Waals surface area contributed by atoms with Crippen LogP contribution in [-0.2, 0) is 12.7 Å². The maximum Gasteiger partial charge on any atom is 0.416 e. The topological polar surface area (TPSA) is 47.0 Å². The highest BCUT2D eigenvalue weighted by Gasteiger charge is 2.30. The van der Waals surface area contributed by atoms with Crippen molar-refractivity contribution >= 4 is 0 Å². The van der Waals surface area contributed by atoms with Gasteiger partial charge in [0, 0.05) is 12.6 Å². The van der Waals surface area contributed by atoms with Crippen LogP contribution in [0.25, 0.3) is 0 Å². The molecule has 106 valence electrons. The maximum absolute atomic E-state index is 12.4. The van der Waals surface area contributed by atoms with Gasteiger partial charge < -0.3 is 10.1 Å². The Morgan fingerprint density at radius 3 is 2.25 bits per heavy atom. The van der Waals surface area contributed by atoms with Crippen LogP contribution in [0.3, 0.4) is 0 Å². The molecule has 0 aliphatic heterocycles. The van der Waals surface area contributed by atoms with Crippen molar-refractivity contribution < 1.29 is 17.9 Å². The van der Waals surface area contributed by atoms with E-state index < -0.39 is 11.7 Å². The molecule has 2 rings (SSSR count). The van der Waals surface area contributed by atoms with Crippen molar-refractivity contribution in [2.75, 3.05) is 7.05 Å². The molecule has 20 heavy (non-hydrogen) atoms. The molecular formula is C13H12F3N3O. The molecule has 4 nitrogen and oxygen atoms in total. The first-order valence-electron chi connectivity index (χ1n) is 5.81. The lowest BCUT2D eigenvalue weighted by Crippen LogP contribution is -2.07. The van der Waals surface area contributed by atoms with Crippen molar-refractivity contribution in [3.05, 3.63) is 47.7 Å². The Morgan fingerprint density at radius 2 is 1.75 bits per heavy atom. The first-order chi connectivity index (χ1) is 9.49. The van der Waals surface area contributed by atoms with Crippen molar-refractivity contribution in [3.63, 3.8) is 0 Å². The van der Waals surface area contributed by atoms with Crippen LogP contribution in [0, 0.1) is 0 Å². The van der Waals surface area contributed by atoms with E-state index in [9.17, 15) is 13.2 Å². The maximum atomic E-state index is 12.4. The number of halogens is 3. The zero-order valence-electron chi connectivity index (χ0n) is 10.6. The van der Waals surface area contributed by atoms with Gasteiger partial charge in [0.15, 0.2) is 0 Å². The molecule has 0 saturated carbocycles. The average Bonchev–Trinajstić information content (AvgIpc) is 2.41. The number of nitrogens with one attached hydrogen (secondary N) is 1. The molecular weight excluding hydrogens is 271 g/mol. The van der Waals surface area contributed by atoms with E-state index in [1.54, 1.807) is 19.2 Å². The van der Waals surface area contributed by atoms with Gasteiger partial charge in [0.25, 0.3) is 0 Å². The Kier molecular flexibility index (Phi) is 4.19. The fourth-order valence-corrected chi connectivity index (χ4v) is 1.51. The van der Waals surface area contributed by atoms with E-state index >= 15 is 0 Å². The predicted octanol–water partition coefficient (Wildman–Crippen LogP) is 3.01. The SMILES string of the molecule is CNCc1ccc(Oc2ccc(C(F)(F)F)cc2)nn1. The summed E-state index contributed by atoms with van der Waals surface area (Å²) >= 11 is 0. The van der Waals surface area contributed by atoms with Crippen molar-refractivity contribution in [2.24, 2.45) is 0 Å². The second-order valence-electron chi connectivity index (χ2n) is 4.02. The fourth-order valence-electron chi connectivity index (χ4n) is 1.51. The molecule has 0 aliphatic rings. The molecule has 0 fully saturated rings. The minimum Gasteiger partial charge on any atom is -0.438 e. The molecule has 0 amide bonds. The Morgan fingerprint density at radius 1 is 1.05 bits per heavy atom. The normalized spacial score (nSPS) is 11.4. The van der Waals surface area contributed by atoms with Gasteiger partial charge in [-0.1, -0.05) is 0 Å². The van der Waals surface area contributed by atoms with E-state index in [2.05, 4.69) is 15.5 Å². The number of hydrogen-bond acceptors (Lipinski definition) is 4. The summed E-state index contributed by atoms with van der Waals surface area (Å²) in [4.78, 5) is 0. The van der Waals surface area contributed by atoms with E-state index in [1.165, 1.54) is 12.1 Å². The largest absolute Gasteiger partial charge is 0.438 e. The first-order valence-corrected chi connectivity index (χ1v) is 5.81. The van der Waals surface area contributed by atoms with E-state index in [-0.39, 0.29) is 11.6 Å². The van der Waals surface area contributed by atoms with Crippen molar-refractivity contribution in [1.82, 2.24) is 15.5 Å². The summed E-state index contributed by atoms with van der Waals surface area (Å²) in [6.45, 7) is 0.577. The highest BCUT2D eigenvalue weighted by Crippen LogP contribution is 2.30. The number of rotatable bonds is 4. The third-order valence-electron chi connectivity index (χ3n) is 2.46. The van der Waals surface area contributed by atoms with Gasteiger partial charge in [0.05, 0.1) is 11.3 Å². The van der Waals surface area contributed by atoms with Gasteiger partial charge in [-0.25, -0.2) is 0 Å². The second-order valence-corrected chi connectivity index (χ2v) is 4.02. The van der Waals surface area contributed by atoms with Crippen LogP contribution in [0.4, 0.5) is 13.2 Å². The molecule has 0 bridgehead atoms. The quantitative estimate of drug-likeness (QED) is 0.937. The Balaban J connectivity index is 2.06. The predicted molar refractivity (Wildman–Crippen MR) is 66.3 cm³/mol. The molecule has 1 N–H and O–H groups in total. The molecule has 1 aromatic carbocycles. The molecule has 7 heteroatoms. The molecule has 0 atom stereocenters. The monoisotopic (exact) mass is 283 g/mol. The zero-order valence-corrected chi connectivity index (χ0v) is 10.6. The lowest BCUT2D eigenvalue weighted by Gasteiger charge is -2.08. The number of ether oxygens (including phenoxy) is 1. The first kappa shape index (κ1) is 14.3. The highest BCUT2D eigenvalue weighted by molar-refractivity contribution is 5.31. The summed E-state index contributed by atoms with van der Waals surface area (Å²) in [5, 5.41) is 10.7. The summed E-state index contributed by atoms with van der Waals surface area (Å²) in [5.74, 6) is 0.498. The van der Waals surface area contributed by atoms with E-state index in [0.717, 1.165) is 17.8 Å². The van der Waals surface area contributed by atoms with Gasteiger partial charge in [0.1, 0.15) is 5.75 Å². The number of alkyl halides is 3. The highest BCUT2D eigenvalue weighted by atomic mass is 19.4. The molecule has 0 aliphatic carbocycles. The zero-order chi connectivity index (χ0) is 14.6. The van der Waals surface area contributed by atoms with Crippen molar-refractivity contribution in [2.45, 2.75) is 12.7 Å². The molecule has 2 aromatic rings. The van der Waals surface area contributed by atoms with Crippen LogP contribution in [0.15, 0.2) is 36.4 Å². The molecule has 0 saturated heterocycles. The Bertz CT molecular complexity index is 553. The molecule has 1 heterocycles. The van der Waals surface area contributed by atoms with E-state index in [4.69, 9.17) is 4.74 Å². The summed E-state index contributed by atoms with van der Waals surface area (Å²) < 4.78 is 42.5. The lowest BCUT2D eigenvalue weighted by molar-refractivity contribution is -0.137. The standard InChI is InChI=1S/C13H12F3N3O/c1-17-8-10-4-7-12(19-18-10)20-11-5-2-9(3-6-11)13(14,15)16/h2-7,17H,8H2,1H3. The van der Waals surface area contributed by atoms with Crippen LogP contribution in [0.2, 0.25) is 0 Å². The minimum absolute atomic E-state index is 0.226. The van der Waals surface area contributed by atoms with Crippen LogP contribution in [-0.4, -0.2) is 17.2 Å². The van der Waals surface area contributed by atoms with Crippen LogP contribution >= 0.6 is 0 Å². The van der Waals surface area contributed by atoms with Gasteiger partial charge in [-0.15, -0.1) is 5.10 Å². The lowest BCUT2D eigenvalue weighted by atomic mass is 10.2. The number of aromatic nitrogens is 2. The van der Waals surface area contributed by atoms with E-state index in [0.29, 0.717) is 6.54 Å². The molecule has 0 radical (unpaired) electrons. The van der Waals surface area contributed by atoms with Gasteiger partial charge in [-0.05, 0) is 37.4 Å². The van der Waals surface area contributed by atoms with Gasteiger partial charge in [-0.2, -0.15) is 18.3 Å². The van der Waals surface area contributed by atoms with Crippen LogP contribution in [0.1, 0.15) is 11.3 Å². The summed E-state index contributed by atoms with van der Waals surface area (Å²) in [7, 11) is 1.79. The fraction of sp³-hybridized carbons (Fsp3) is 0.231.